The molecule has 0 atom stereocenters. The molecule has 0 saturated carbocycles. The summed E-state index contributed by atoms with van der Waals surface area (Å²) in [7, 11) is 0. The van der Waals surface area contributed by atoms with Crippen molar-refractivity contribution in [2.45, 2.75) is 40.2 Å². The molecule has 2 heterocycles. The van der Waals surface area contributed by atoms with E-state index in [1.807, 2.05) is 43.3 Å². The molecule has 2 N–H and O–H groups in total. The molecule has 1 aliphatic heterocycles. The van der Waals surface area contributed by atoms with Crippen molar-refractivity contribution in [1.29, 1.82) is 0 Å². The number of halogens is 1. The van der Waals surface area contributed by atoms with Crippen molar-refractivity contribution in [2.24, 2.45) is 5.92 Å². The Labute approximate surface area is 200 Å². The summed E-state index contributed by atoms with van der Waals surface area (Å²) in [5.74, 6) is 1.28. The Morgan fingerprint density at radius 2 is 2.03 bits per heavy atom. The first kappa shape index (κ1) is 24.2. The van der Waals surface area contributed by atoms with Crippen LogP contribution in [0.2, 0.25) is 0 Å². The Hall–Kier alpha value is -2.41. The second kappa shape index (κ2) is 10.9. The number of para-hydroxylation sites is 1. The summed E-state index contributed by atoms with van der Waals surface area (Å²) >= 11 is 1.53. The molecule has 3 aromatic rings. The fourth-order valence-corrected chi connectivity index (χ4v) is 4.63. The number of nitrogens with zero attached hydrogens (tertiary/aromatic N) is 1. The first-order chi connectivity index (χ1) is 15.0. The molecule has 0 spiro atoms. The highest BCUT2D eigenvalue weighted by Gasteiger charge is 2.16. The van der Waals surface area contributed by atoms with Gasteiger partial charge in [0.1, 0.15) is 5.75 Å². The summed E-state index contributed by atoms with van der Waals surface area (Å²) in [4.78, 5) is 18.5. The van der Waals surface area contributed by atoms with Crippen molar-refractivity contribution >= 4 is 34.8 Å². The number of hydrogen-bond donors (Lipinski definition) is 2. The Morgan fingerprint density at radius 3 is 2.84 bits per heavy atom. The minimum absolute atomic E-state index is 0. The highest BCUT2D eigenvalue weighted by atomic mass is 35.5. The predicted octanol–water partition coefficient (Wildman–Crippen LogP) is 5.40. The average molecular weight is 472 g/mol. The van der Waals surface area contributed by atoms with Crippen molar-refractivity contribution in [3.05, 3.63) is 75.3 Å². The monoisotopic (exact) mass is 471 g/mol. The van der Waals surface area contributed by atoms with Crippen LogP contribution >= 0.6 is 23.7 Å². The van der Waals surface area contributed by atoms with Crippen molar-refractivity contribution in [3.8, 4) is 5.75 Å². The number of ether oxygens (including phenoxy) is 1. The molecular weight excluding hydrogens is 442 g/mol. The SMILES string of the molecule is Cc1nc(NC(=O)c2ccc3c(c2)CCNC3)sc1Cc1ccccc1OCC(C)C.Cl. The zero-order chi connectivity index (χ0) is 21.8. The van der Waals surface area contributed by atoms with Gasteiger partial charge in [0.05, 0.1) is 12.3 Å². The maximum absolute atomic E-state index is 12.8. The molecule has 0 bridgehead atoms. The van der Waals surface area contributed by atoms with Gasteiger partial charge in [-0.2, -0.15) is 0 Å². The fourth-order valence-electron chi connectivity index (χ4n) is 3.65. The number of fused-ring (bicyclic) bond motifs is 1. The van der Waals surface area contributed by atoms with Crippen LogP contribution in [0.25, 0.3) is 0 Å². The number of rotatable bonds is 7. The van der Waals surface area contributed by atoms with E-state index < -0.39 is 0 Å². The number of hydrogen-bond acceptors (Lipinski definition) is 5. The van der Waals surface area contributed by atoms with Crippen molar-refractivity contribution < 1.29 is 9.53 Å². The molecule has 32 heavy (non-hydrogen) atoms. The number of aromatic nitrogens is 1. The number of aryl methyl sites for hydroxylation is 1. The zero-order valence-corrected chi connectivity index (χ0v) is 20.4. The smallest absolute Gasteiger partial charge is 0.257 e. The lowest BCUT2D eigenvalue weighted by atomic mass is 9.98. The van der Waals surface area contributed by atoms with Crippen LogP contribution in [0.15, 0.2) is 42.5 Å². The molecule has 7 heteroatoms. The number of carbonyl (C=O) groups excluding carboxylic acids is 1. The molecule has 5 nitrogen and oxygen atoms in total. The van der Waals surface area contributed by atoms with Crippen LogP contribution in [-0.2, 0) is 19.4 Å². The zero-order valence-electron chi connectivity index (χ0n) is 18.7. The molecule has 2 aromatic carbocycles. The number of carbonyl (C=O) groups is 1. The average Bonchev–Trinajstić information content (AvgIpc) is 3.11. The highest BCUT2D eigenvalue weighted by Crippen LogP contribution is 2.29. The van der Waals surface area contributed by atoms with Gasteiger partial charge in [-0.3, -0.25) is 10.1 Å². The summed E-state index contributed by atoms with van der Waals surface area (Å²) in [6.07, 6.45) is 1.69. The third-order valence-corrected chi connectivity index (χ3v) is 6.44. The van der Waals surface area contributed by atoms with Crippen LogP contribution in [0.1, 0.15) is 51.5 Å². The summed E-state index contributed by atoms with van der Waals surface area (Å²) in [6.45, 7) is 8.79. The number of amides is 1. The van der Waals surface area contributed by atoms with E-state index >= 15 is 0 Å². The van der Waals surface area contributed by atoms with Gasteiger partial charge in [0, 0.05) is 23.4 Å². The van der Waals surface area contributed by atoms with E-state index in [0.29, 0.717) is 23.2 Å². The molecule has 1 aliphatic rings. The molecular formula is C25H30ClN3O2S. The van der Waals surface area contributed by atoms with Crippen LogP contribution in [-0.4, -0.2) is 24.0 Å². The van der Waals surface area contributed by atoms with Crippen molar-refractivity contribution in [2.75, 3.05) is 18.5 Å². The van der Waals surface area contributed by atoms with Gasteiger partial charge in [-0.15, -0.1) is 23.7 Å². The second-order valence-electron chi connectivity index (χ2n) is 8.38. The molecule has 4 rings (SSSR count). The lowest BCUT2D eigenvalue weighted by Crippen LogP contribution is -2.24. The van der Waals surface area contributed by atoms with E-state index in [2.05, 4.69) is 35.5 Å². The van der Waals surface area contributed by atoms with Crippen molar-refractivity contribution in [1.82, 2.24) is 10.3 Å². The number of thiazole rings is 1. The quantitative estimate of drug-likeness (QED) is 0.484. The molecule has 0 fully saturated rings. The standard InChI is InChI=1S/C25H29N3O2S.ClH/c1-16(2)15-30-22-7-5-4-6-19(22)13-23-17(3)27-25(31-23)28-24(29)20-8-9-21-14-26-11-10-18(21)12-20;/h4-9,12,16,26H,10-11,13-15H2,1-3H3,(H,27,28,29);1H. The van der Waals surface area contributed by atoms with Crippen molar-refractivity contribution in [3.63, 3.8) is 0 Å². The Balaban J connectivity index is 0.00000289. The van der Waals surface area contributed by atoms with E-state index in [-0.39, 0.29) is 18.3 Å². The highest BCUT2D eigenvalue weighted by molar-refractivity contribution is 7.15. The number of benzene rings is 2. The van der Waals surface area contributed by atoms with Crippen LogP contribution in [0.5, 0.6) is 5.75 Å². The molecule has 1 aromatic heterocycles. The van der Waals surface area contributed by atoms with Crippen LogP contribution in [0, 0.1) is 12.8 Å². The number of anilines is 1. The molecule has 0 radical (unpaired) electrons. The van der Waals surface area contributed by atoms with Gasteiger partial charge in [0.15, 0.2) is 5.13 Å². The van der Waals surface area contributed by atoms with Crippen LogP contribution in [0.4, 0.5) is 5.13 Å². The van der Waals surface area contributed by atoms with E-state index in [1.54, 1.807) is 0 Å². The van der Waals surface area contributed by atoms with Gasteiger partial charge < -0.3 is 10.1 Å². The molecule has 1 amide bonds. The van der Waals surface area contributed by atoms with Crippen LogP contribution in [0.3, 0.4) is 0 Å². The van der Waals surface area contributed by atoms with Gasteiger partial charge in [-0.05, 0) is 60.7 Å². The van der Waals surface area contributed by atoms with Gasteiger partial charge in [-0.25, -0.2) is 4.98 Å². The molecule has 0 aliphatic carbocycles. The lowest BCUT2D eigenvalue weighted by molar-refractivity contribution is 0.102. The maximum atomic E-state index is 12.8. The van der Waals surface area contributed by atoms with Gasteiger partial charge >= 0.3 is 0 Å². The first-order valence-corrected chi connectivity index (χ1v) is 11.6. The Bertz CT molecular complexity index is 1080. The van der Waals surface area contributed by atoms with E-state index in [0.717, 1.165) is 47.8 Å². The minimum atomic E-state index is -0.109. The molecule has 0 saturated heterocycles. The second-order valence-corrected chi connectivity index (χ2v) is 9.46. The minimum Gasteiger partial charge on any atom is -0.493 e. The van der Waals surface area contributed by atoms with Crippen LogP contribution < -0.4 is 15.4 Å². The topological polar surface area (TPSA) is 63.2 Å². The first-order valence-electron chi connectivity index (χ1n) is 10.8. The normalized spacial score (nSPS) is 12.8. The van der Waals surface area contributed by atoms with Gasteiger partial charge in [0.25, 0.3) is 5.91 Å². The maximum Gasteiger partial charge on any atom is 0.257 e. The van der Waals surface area contributed by atoms with E-state index in [9.17, 15) is 4.79 Å². The van der Waals surface area contributed by atoms with E-state index in [1.165, 1.54) is 22.5 Å². The fraction of sp³-hybridized carbons (Fsp3) is 0.360. The Kier molecular flexibility index (Phi) is 8.29. The van der Waals surface area contributed by atoms with E-state index in [4.69, 9.17) is 4.74 Å². The third-order valence-electron chi connectivity index (χ3n) is 5.36. The largest absolute Gasteiger partial charge is 0.493 e. The third kappa shape index (κ3) is 5.88. The summed E-state index contributed by atoms with van der Waals surface area (Å²) in [6, 6.07) is 14.1. The summed E-state index contributed by atoms with van der Waals surface area (Å²) < 4.78 is 6.00. The molecule has 0 unspecified atom stereocenters. The Morgan fingerprint density at radius 1 is 1.22 bits per heavy atom. The van der Waals surface area contributed by atoms with Gasteiger partial charge in [0.2, 0.25) is 0 Å². The molecule has 170 valence electrons. The summed E-state index contributed by atoms with van der Waals surface area (Å²) in [5.41, 5.74) is 5.28. The number of nitrogens with one attached hydrogen (secondary N) is 2. The lowest BCUT2D eigenvalue weighted by Gasteiger charge is -2.17. The summed E-state index contributed by atoms with van der Waals surface area (Å²) in [5, 5.41) is 6.98. The predicted molar refractivity (Wildman–Crippen MR) is 133 cm³/mol. The van der Waals surface area contributed by atoms with Gasteiger partial charge in [-0.1, -0.05) is 38.1 Å².